The van der Waals surface area contributed by atoms with Crippen molar-refractivity contribution < 1.29 is 14.3 Å². The van der Waals surface area contributed by atoms with Gasteiger partial charge in [-0.05, 0) is 42.3 Å². The molecule has 1 N–H and O–H groups in total. The number of para-hydroxylation sites is 1. The Hall–Kier alpha value is -3.60. The molecule has 0 bridgehead atoms. The summed E-state index contributed by atoms with van der Waals surface area (Å²) in [5.74, 6) is -0.0994. The fraction of sp³-hybridized carbons (Fsp3) is 0.167. The van der Waals surface area contributed by atoms with E-state index in [-0.39, 0.29) is 18.2 Å². The van der Waals surface area contributed by atoms with E-state index >= 15 is 0 Å². The lowest BCUT2D eigenvalue weighted by Crippen LogP contribution is -2.33. The molecular formula is C24H24N2O3. The Labute approximate surface area is 170 Å². The lowest BCUT2D eigenvalue weighted by molar-refractivity contribution is -0.125. The summed E-state index contributed by atoms with van der Waals surface area (Å²) in [4.78, 5) is 27.2. The van der Waals surface area contributed by atoms with Crippen LogP contribution in [0.25, 0.3) is 0 Å². The number of aryl methyl sites for hydroxylation is 1. The Morgan fingerprint density at radius 1 is 0.931 bits per heavy atom. The molecule has 5 heteroatoms. The Bertz CT molecular complexity index is 972. The van der Waals surface area contributed by atoms with Gasteiger partial charge in [-0.3, -0.25) is 9.59 Å². The van der Waals surface area contributed by atoms with Crippen molar-refractivity contribution in [1.29, 1.82) is 0 Å². The first-order chi connectivity index (χ1) is 14.1. The first-order valence-electron chi connectivity index (χ1n) is 9.40. The third-order valence-electron chi connectivity index (χ3n) is 4.49. The van der Waals surface area contributed by atoms with E-state index in [1.807, 2.05) is 79.7 Å². The van der Waals surface area contributed by atoms with Crippen molar-refractivity contribution >= 4 is 23.2 Å². The minimum atomic E-state index is -0.382. The van der Waals surface area contributed by atoms with Gasteiger partial charge in [0.25, 0.3) is 0 Å². The first-order valence-corrected chi connectivity index (χ1v) is 9.40. The number of ether oxygens (including phenoxy) is 1. The molecule has 0 spiro atoms. The zero-order valence-electron chi connectivity index (χ0n) is 16.6. The number of methoxy groups -OCH3 is 1. The molecule has 0 aliphatic heterocycles. The molecule has 0 aliphatic rings. The Balaban J connectivity index is 1.76. The quantitative estimate of drug-likeness (QED) is 0.604. The Morgan fingerprint density at radius 2 is 1.59 bits per heavy atom. The highest BCUT2D eigenvalue weighted by molar-refractivity contribution is 6.09. The number of hydrogen-bond acceptors (Lipinski definition) is 3. The van der Waals surface area contributed by atoms with E-state index in [0.29, 0.717) is 18.0 Å². The van der Waals surface area contributed by atoms with Crippen molar-refractivity contribution in [3.8, 4) is 5.75 Å². The molecule has 3 aromatic rings. The minimum absolute atomic E-state index is 0.265. The second kappa shape index (κ2) is 9.55. The van der Waals surface area contributed by atoms with Gasteiger partial charge in [-0.1, -0.05) is 54.6 Å². The molecule has 0 heterocycles. The van der Waals surface area contributed by atoms with E-state index in [1.54, 1.807) is 18.1 Å². The Morgan fingerprint density at radius 3 is 2.24 bits per heavy atom. The van der Waals surface area contributed by atoms with E-state index in [0.717, 1.165) is 16.8 Å². The van der Waals surface area contributed by atoms with Crippen LogP contribution >= 0.6 is 0 Å². The molecule has 2 amide bonds. The second-order valence-corrected chi connectivity index (χ2v) is 6.73. The molecule has 3 rings (SSSR count). The van der Waals surface area contributed by atoms with E-state index in [1.165, 1.54) is 0 Å². The van der Waals surface area contributed by atoms with Gasteiger partial charge in [-0.15, -0.1) is 0 Å². The summed E-state index contributed by atoms with van der Waals surface area (Å²) < 4.78 is 5.29. The van der Waals surface area contributed by atoms with Crippen molar-refractivity contribution in [3.05, 3.63) is 90.0 Å². The van der Waals surface area contributed by atoms with Crippen LogP contribution in [-0.4, -0.2) is 18.9 Å². The van der Waals surface area contributed by atoms with Crippen molar-refractivity contribution in [3.63, 3.8) is 0 Å². The SMILES string of the molecule is COc1ccc(C)cc1NC(=O)CC(=O)N(Cc1ccccc1)c1ccccc1. The molecule has 0 unspecified atom stereocenters. The maximum Gasteiger partial charge on any atom is 0.236 e. The molecule has 0 radical (unpaired) electrons. The number of carbonyl (C=O) groups excluding carboxylic acids is 2. The fourth-order valence-corrected chi connectivity index (χ4v) is 3.04. The third kappa shape index (κ3) is 5.45. The van der Waals surface area contributed by atoms with Gasteiger partial charge in [0.2, 0.25) is 11.8 Å². The molecule has 0 saturated heterocycles. The van der Waals surface area contributed by atoms with Crippen LogP contribution in [0.1, 0.15) is 17.5 Å². The van der Waals surface area contributed by atoms with Gasteiger partial charge < -0.3 is 15.0 Å². The van der Waals surface area contributed by atoms with Crippen LogP contribution in [0, 0.1) is 6.92 Å². The molecule has 5 nitrogen and oxygen atoms in total. The van der Waals surface area contributed by atoms with Gasteiger partial charge in [0.05, 0.1) is 19.3 Å². The summed E-state index contributed by atoms with van der Waals surface area (Å²) in [6.07, 6.45) is -0.265. The number of benzene rings is 3. The molecule has 148 valence electrons. The molecule has 29 heavy (non-hydrogen) atoms. The first kappa shape index (κ1) is 20.1. The van der Waals surface area contributed by atoms with Gasteiger partial charge in [-0.25, -0.2) is 0 Å². The summed E-state index contributed by atoms with van der Waals surface area (Å²) >= 11 is 0. The topological polar surface area (TPSA) is 58.6 Å². The maximum atomic E-state index is 13.0. The fourth-order valence-electron chi connectivity index (χ4n) is 3.04. The predicted molar refractivity (Wildman–Crippen MR) is 115 cm³/mol. The van der Waals surface area contributed by atoms with Crippen LogP contribution in [0.4, 0.5) is 11.4 Å². The molecule has 0 aliphatic carbocycles. The van der Waals surface area contributed by atoms with Crippen LogP contribution in [0.2, 0.25) is 0 Å². The summed E-state index contributed by atoms with van der Waals surface area (Å²) in [5, 5.41) is 2.79. The summed E-state index contributed by atoms with van der Waals surface area (Å²) in [6, 6.07) is 24.6. The van der Waals surface area contributed by atoms with Crippen molar-refractivity contribution in [2.75, 3.05) is 17.3 Å². The van der Waals surface area contributed by atoms with Crippen LogP contribution < -0.4 is 15.0 Å². The van der Waals surface area contributed by atoms with Crippen LogP contribution in [0.5, 0.6) is 5.75 Å². The number of carbonyl (C=O) groups is 2. The second-order valence-electron chi connectivity index (χ2n) is 6.73. The highest BCUT2D eigenvalue weighted by atomic mass is 16.5. The predicted octanol–water partition coefficient (Wildman–Crippen LogP) is 4.57. The lowest BCUT2D eigenvalue weighted by Gasteiger charge is -2.23. The normalized spacial score (nSPS) is 10.3. The van der Waals surface area contributed by atoms with Gasteiger partial charge in [0, 0.05) is 5.69 Å². The average Bonchev–Trinajstić information content (AvgIpc) is 2.73. The van der Waals surface area contributed by atoms with E-state index in [4.69, 9.17) is 4.74 Å². The van der Waals surface area contributed by atoms with E-state index < -0.39 is 0 Å². The number of anilines is 2. The van der Waals surface area contributed by atoms with Crippen LogP contribution in [0.15, 0.2) is 78.9 Å². The van der Waals surface area contributed by atoms with Crippen LogP contribution in [-0.2, 0) is 16.1 Å². The van der Waals surface area contributed by atoms with E-state index in [2.05, 4.69) is 5.32 Å². The van der Waals surface area contributed by atoms with E-state index in [9.17, 15) is 9.59 Å². The highest BCUT2D eigenvalue weighted by Gasteiger charge is 2.20. The lowest BCUT2D eigenvalue weighted by atomic mass is 10.1. The monoisotopic (exact) mass is 388 g/mol. The number of nitrogens with one attached hydrogen (secondary N) is 1. The number of rotatable bonds is 7. The molecule has 3 aromatic carbocycles. The van der Waals surface area contributed by atoms with Crippen molar-refractivity contribution in [2.24, 2.45) is 0 Å². The zero-order chi connectivity index (χ0) is 20.6. The Kier molecular flexibility index (Phi) is 6.63. The van der Waals surface area contributed by atoms with Crippen LogP contribution in [0.3, 0.4) is 0 Å². The molecular weight excluding hydrogens is 364 g/mol. The van der Waals surface area contributed by atoms with Crippen molar-refractivity contribution in [1.82, 2.24) is 0 Å². The number of hydrogen-bond donors (Lipinski definition) is 1. The summed E-state index contributed by atoms with van der Waals surface area (Å²) in [5.41, 5.74) is 3.29. The van der Waals surface area contributed by atoms with Gasteiger partial charge in [0.1, 0.15) is 12.2 Å². The largest absolute Gasteiger partial charge is 0.495 e. The van der Waals surface area contributed by atoms with Gasteiger partial charge >= 0.3 is 0 Å². The summed E-state index contributed by atoms with van der Waals surface area (Å²) in [7, 11) is 1.54. The van der Waals surface area contributed by atoms with Gasteiger partial charge in [-0.2, -0.15) is 0 Å². The standard InChI is InChI=1S/C24H24N2O3/c1-18-13-14-22(29-2)21(15-18)25-23(27)16-24(28)26(20-11-7-4-8-12-20)17-19-9-5-3-6-10-19/h3-15H,16-17H2,1-2H3,(H,25,27). The van der Waals surface area contributed by atoms with Crippen molar-refractivity contribution in [2.45, 2.75) is 19.9 Å². The molecule has 0 atom stereocenters. The van der Waals surface area contributed by atoms with Gasteiger partial charge in [0.15, 0.2) is 0 Å². The summed E-state index contributed by atoms with van der Waals surface area (Å²) in [6.45, 7) is 2.32. The average molecular weight is 388 g/mol. The highest BCUT2D eigenvalue weighted by Crippen LogP contribution is 2.25. The molecule has 0 fully saturated rings. The minimum Gasteiger partial charge on any atom is -0.495 e. The molecule has 0 aromatic heterocycles. The zero-order valence-corrected chi connectivity index (χ0v) is 16.6. The smallest absolute Gasteiger partial charge is 0.236 e. The number of nitrogens with zero attached hydrogens (tertiary/aromatic N) is 1. The third-order valence-corrected chi connectivity index (χ3v) is 4.49. The number of amides is 2. The maximum absolute atomic E-state index is 13.0. The molecule has 0 saturated carbocycles.